The molecular formula is C15H13FN2O3. The molecule has 1 aromatic rings. The molecular weight excluding hydrogens is 275 g/mol. The maximum Gasteiger partial charge on any atom is 0.289 e. The summed E-state index contributed by atoms with van der Waals surface area (Å²) in [6.45, 7) is 3.24. The van der Waals surface area contributed by atoms with E-state index in [0.29, 0.717) is 0 Å². The molecule has 0 aliphatic carbocycles. The van der Waals surface area contributed by atoms with Crippen molar-refractivity contribution < 1.29 is 18.7 Å². The van der Waals surface area contributed by atoms with Gasteiger partial charge in [-0.2, -0.15) is 4.39 Å². The number of fused-ring (bicyclic) bond motifs is 1. The molecule has 0 aromatic heterocycles. The van der Waals surface area contributed by atoms with Crippen LogP contribution in [0, 0.1) is 0 Å². The van der Waals surface area contributed by atoms with Gasteiger partial charge in [0.1, 0.15) is 6.61 Å². The molecule has 1 saturated heterocycles. The van der Waals surface area contributed by atoms with Crippen LogP contribution in [0.1, 0.15) is 5.56 Å². The zero-order chi connectivity index (χ0) is 15.0. The predicted molar refractivity (Wildman–Crippen MR) is 72.1 cm³/mol. The summed E-state index contributed by atoms with van der Waals surface area (Å²) in [5.74, 6) is -0.969. The van der Waals surface area contributed by atoms with E-state index in [-0.39, 0.29) is 18.7 Å². The normalized spacial score (nSPS) is 24.9. The Morgan fingerprint density at radius 1 is 1.33 bits per heavy atom. The van der Waals surface area contributed by atoms with Gasteiger partial charge in [0.05, 0.1) is 11.9 Å². The predicted octanol–water partition coefficient (Wildman–Crippen LogP) is 1.24. The fourth-order valence-electron chi connectivity index (χ4n) is 2.55. The molecule has 21 heavy (non-hydrogen) atoms. The van der Waals surface area contributed by atoms with Gasteiger partial charge in [-0.15, -0.1) is 0 Å². The number of piperazine rings is 1. The number of benzene rings is 1. The quantitative estimate of drug-likeness (QED) is 0.833. The Hall–Kier alpha value is -2.63. The van der Waals surface area contributed by atoms with Crippen molar-refractivity contribution in [1.29, 1.82) is 0 Å². The standard InChI is InChI=1S/C15H13FN2O3/c1-10-13(19)18-8-12(16)21-9-15(18,14(20)17-10)7-11-5-3-2-4-6-11/h2-6,8H,1,7,9H2,(H,17,20)/t15-/m0/s1. The number of rotatable bonds is 2. The van der Waals surface area contributed by atoms with Gasteiger partial charge in [-0.3, -0.25) is 14.5 Å². The molecule has 3 rings (SSSR count). The molecule has 2 heterocycles. The van der Waals surface area contributed by atoms with Crippen LogP contribution in [-0.2, 0) is 20.7 Å². The Balaban J connectivity index is 2.05. The third-order valence-electron chi connectivity index (χ3n) is 3.64. The Labute approximate surface area is 120 Å². The van der Waals surface area contributed by atoms with E-state index in [1.807, 2.05) is 30.3 Å². The van der Waals surface area contributed by atoms with Crippen LogP contribution in [0.3, 0.4) is 0 Å². The Bertz CT molecular complexity index is 656. The van der Waals surface area contributed by atoms with Gasteiger partial charge in [-0.05, 0) is 5.56 Å². The fraction of sp³-hybridized carbons (Fsp3) is 0.200. The number of halogens is 1. The molecule has 0 radical (unpaired) electrons. The molecule has 2 aliphatic heterocycles. The SMILES string of the molecule is C=C1NC(=O)[C@]2(Cc3ccccc3)COC(F)=CN2C1=O. The monoisotopic (exact) mass is 288 g/mol. The summed E-state index contributed by atoms with van der Waals surface area (Å²) >= 11 is 0. The van der Waals surface area contributed by atoms with Crippen LogP contribution in [0.15, 0.2) is 54.8 Å². The van der Waals surface area contributed by atoms with Crippen LogP contribution in [0.25, 0.3) is 0 Å². The molecule has 6 heteroatoms. The first-order chi connectivity index (χ1) is 10.0. The minimum atomic E-state index is -1.30. The van der Waals surface area contributed by atoms with Gasteiger partial charge in [0, 0.05) is 6.42 Å². The summed E-state index contributed by atoms with van der Waals surface area (Å²) < 4.78 is 18.3. The molecule has 2 aliphatic rings. The second-order valence-electron chi connectivity index (χ2n) is 5.02. The molecule has 1 fully saturated rings. The lowest BCUT2D eigenvalue weighted by molar-refractivity contribution is -0.153. The molecule has 2 amide bonds. The number of hydrogen-bond donors (Lipinski definition) is 1. The first kappa shape index (κ1) is 13.4. The Morgan fingerprint density at radius 3 is 2.76 bits per heavy atom. The molecule has 0 saturated carbocycles. The molecule has 5 nitrogen and oxygen atoms in total. The van der Waals surface area contributed by atoms with E-state index in [1.165, 1.54) is 0 Å². The van der Waals surface area contributed by atoms with Crippen molar-refractivity contribution in [1.82, 2.24) is 10.2 Å². The van der Waals surface area contributed by atoms with Crippen LogP contribution < -0.4 is 5.32 Å². The van der Waals surface area contributed by atoms with E-state index in [0.717, 1.165) is 16.7 Å². The van der Waals surface area contributed by atoms with Gasteiger partial charge in [-0.1, -0.05) is 36.9 Å². The van der Waals surface area contributed by atoms with Crippen molar-refractivity contribution in [3.8, 4) is 0 Å². The van der Waals surface area contributed by atoms with Crippen molar-refractivity contribution in [2.75, 3.05) is 6.61 Å². The van der Waals surface area contributed by atoms with E-state index in [2.05, 4.69) is 11.9 Å². The number of carbonyl (C=O) groups is 2. The first-order valence-electron chi connectivity index (χ1n) is 6.41. The van der Waals surface area contributed by atoms with Gasteiger partial charge in [0.2, 0.25) is 0 Å². The van der Waals surface area contributed by atoms with Crippen LogP contribution in [-0.4, -0.2) is 28.9 Å². The summed E-state index contributed by atoms with van der Waals surface area (Å²) in [4.78, 5) is 25.7. The number of nitrogens with zero attached hydrogens (tertiary/aromatic N) is 1. The van der Waals surface area contributed by atoms with Crippen LogP contribution in [0.2, 0.25) is 0 Å². The number of nitrogens with one attached hydrogen (secondary N) is 1. The third kappa shape index (κ3) is 2.08. The second-order valence-corrected chi connectivity index (χ2v) is 5.02. The van der Waals surface area contributed by atoms with E-state index in [1.54, 1.807) is 0 Å². The molecule has 1 N–H and O–H groups in total. The van der Waals surface area contributed by atoms with Crippen LogP contribution in [0.5, 0.6) is 0 Å². The largest absolute Gasteiger partial charge is 0.467 e. The van der Waals surface area contributed by atoms with Crippen molar-refractivity contribution in [3.63, 3.8) is 0 Å². The van der Waals surface area contributed by atoms with Gasteiger partial charge >= 0.3 is 0 Å². The summed E-state index contributed by atoms with van der Waals surface area (Å²) in [6, 6.07) is 8.29. The molecule has 1 aromatic carbocycles. The first-order valence-corrected chi connectivity index (χ1v) is 6.41. The van der Waals surface area contributed by atoms with Crippen molar-refractivity contribution >= 4 is 11.8 Å². The summed E-state index contributed by atoms with van der Waals surface area (Å²) in [5.41, 5.74) is -0.526. The fourth-order valence-corrected chi connectivity index (χ4v) is 2.55. The lowest BCUT2D eigenvalue weighted by Gasteiger charge is -2.45. The van der Waals surface area contributed by atoms with Crippen molar-refractivity contribution in [2.45, 2.75) is 12.0 Å². The van der Waals surface area contributed by atoms with Gasteiger partial charge in [0.25, 0.3) is 17.8 Å². The number of ether oxygens (including phenoxy) is 1. The average Bonchev–Trinajstić information content (AvgIpc) is 2.48. The van der Waals surface area contributed by atoms with Gasteiger partial charge in [-0.25, -0.2) is 0 Å². The Kier molecular flexibility index (Phi) is 3.01. The maximum absolute atomic E-state index is 13.4. The third-order valence-corrected chi connectivity index (χ3v) is 3.64. The lowest BCUT2D eigenvalue weighted by Crippen LogP contribution is -2.68. The summed E-state index contributed by atoms with van der Waals surface area (Å²) in [6.07, 6.45) is 1.14. The highest BCUT2D eigenvalue weighted by molar-refractivity contribution is 6.07. The topological polar surface area (TPSA) is 58.6 Å². The maximum atomic E-state index is 13.4. The highest BCUT2D eigenvalue weighted by Gasteiger charge is 2.53. The van der Waals surface area contributed by atoms with Crippen molar-refractivity contribution in [2.24, 2.45) is 0 Å². The van der Waals surface area contributed by atoms with Gasteiger partial charge < -0.3 is 10.1 Å². The molecule has 108 valence electrons. The molecule has 0 unspecified atom stereocenters. The zero-order valence-electron chi connectivity index (χ0n) is 11.1. The number of amides is 2. The highest BCUT2D eigenvalue weighted by atomic mass is 19.1. The number of hydrogen-bond acceptors (Lipinski definition) is 3. The minimum Gasteiger partial charge on any atom is -0.467 e. The average molecular weight is 288 g/mol. The molecule has 0 bridgehead atoms. The Morgan fingerprint density at radius 2 is 2.05 bits per heavy atom. The smallest absolute Gasteiger partial charge is 0.289 e. The van der Waals surface area contributed by atoms with Crippen molar-refractivity contribution in [3.05, 3.63) is 60.4 Å². The zero-order valence-corrected chi connectivity index (χ0v) is 11.1. The van der Waals surface area contributed by atoms with E-state index in [4.69, 9.17) is 4.74 Å². The van der Waals surface area contributed by atoms with Crippen LogP contribution in [0.4, 0.5) is 4.39 Å². The molecule has 1 atom stereocenters. The van der Waals surface area contributed by atoms with Crippen LogP contribution >= 0.6 is 0 Å². The second kappa shape index (κ2) is 4.73. The number of carbonyl (C=O) groups excluding carboxylic acids is 2. The van der Waals surface area contributed by atoms with E-state index < -0.39 is 23.4 Å². The highest BCUT2D eigenvalue weighted by Crippen LogP contribution is 2.32. The van der Waals surface area contributed by atoms with E-state index in [9.17, 15) is 14.0 Å². The minimum absolute atomic E-state index is 0.0744. The summed E-state index contributed by atoms with van der Waals surface area (Å²) in [5, 5.41) is 2.45. The lowest BCUT2D eigenvalue weighted by atomic mass is 9.86. The summed E-state index contributed by atoms with van der Waals surface area (Å²) in [7, 11) is 0. The van der Waals surface area contributed by atoms with Gasteiger partial charge in [0.15, 0.2) is 5.54 Å². The molecule has 0 spiro atoms. The van der Waals surface area contributed by atoms with E-state index >= 15 is 0 Å².